The topological polar surface area (TPSA) is 32.3 Å². The highest BCUT2D eigenvalue weighted by atomic mass is 16.2. The predicted octanol–water partition coefficient (Wildman–Crippen LogP) is 1.10. The molecule has 0 unspecified atom stereocenters. The van der Waals surface area contributed by atoms with E-state index < -0.39 is 0 Å². The zero-order chi connectivity index (χ0) is 10.8. The van der Waals surface area contributed by atoms with Gasteiger partial charge in [0.2, 0.25) is 5.91 Å². The molecule has 0 bridgehead atoms. The summed E-state index contributed by atoms with van der Waals surface area (Å²) in [6.07, 6.45) is 2.64. The van der Waals surface area contributed by atoms with Crippen molar-refractivity contribution in [2.75, 3.05) is 26.2 Å². The second-order valence-electron chi connectivity index (χ2n) is 5.06. The van der Waals surface area contributed by atoms with Gasteiger partial charge in [0.25, 0.3) is 0 Å². The van der Waals surface area contributed by atoms with E-state index >= 15 is 0 Å². The van der Waals surface area contributed by atoms with E-state index in [1.165, 1.54) is 12.8 Å². The number of carbonyl (C=O) groups excluding carboxylic acids is 1. The van der Waals surface area contributed by atoms with Gasteiger partial charge in [0.15, 0.2) is 0 Å². The van der Waals surface area contributed by atoms with Crippen LogP contribution in [-0.4, -0.2) is 37.0 Å². The number of hydrogen-bond donors (Lipinski definition) is 1. The highest BCUT2D eigenvalue weighted by Gasteiger charge is 2.34. The van der Waals surface area contributed by atoms with Crippen molar-refractivity contribution in [3.05, 3.63) is 0 Å². The van der Waals surface area contributed by atoms with E-state index in [2.05, 4.69) is 24.1 Å². The third kappa shape index (κ3) is 2.51. The Hall–Kier alpha value is -0.570. The molecule has 0 aromatic carbocycles. The van der Waals surface area contributed by atoms with Gasteiger partial charge in [0.1, 0.15) is 0 Å². The molecule has 0 spiro atoms. The Morgan fingerprint density at radius 1 is 1.40 bits per heavy atom. The molecule has 2 atom stereocenters. The summed E-state index contributed by atoms with van der Waals surface area (Å²) in [5, 5.41) is 3.30. The van der Waals surface area contributed by atoms with Crippen molar-refractivity contribution in [1.82, 2.24) is 10.2 Å². The van der Waals surface area contributed by atoms with Gasteiger partial charge in [-0.2, -0.15) is 0 Å². The second kappa shape index (κ2) is 4.52. The summed E-state index contributed by atoms with van der Waals surface area (Å²) in [4.78, 5) is 14.3. The summed E-state index contributed by atoms with van der Waals surface area (Å²) >= 11 is 0. The zero-order valence-electron chi connectivity index (χ0n) is 9.83. The van der Waals surface area contributed by atoms with Gasteiger partial charge in [-0.1, -0.05) is 6.92 Å². The molecule has 1 heterocycles. The van der Waals surface area contributed by atoms with E-state index in [0.717, 1.165) is 32.1 Å². The predicted molar refractivity (Wildman–Crippen MR) is 60.5 cm³/mol. The van der Waals surface area contributed by atoms with Gasteiger partial charge in [-0.25, -0.2) is 0 Å². The minimum Gasteiger partial charge on any atom is -0.342 e. The molecular formula is C12H22N2O. The van der Waals surface area contributed by atoms with E-state index in [1.54, 1.807) is 0 Å². The van der Waals surface area contributed by atoms with Crippen LogP contribution < -0.4 is 5.32 Å². The number of nitrogens with one attached hydrogen (secondary N) is 1. The summed E-state index contributed by atoms with van der Waals surface area (Å²) in [7, 11) is 0. The Labute approximate surface area is 92.2 Å². The third-order valence-corrected chi connectivity index (χ3v) is 3.70. The molecule has 3 heteroatoms. The lowest BCUT2D eigenvalue weighted by molar-refractivity contribution is -0.136. The molecule has 2 fully saturated rings. The number of nitrogens with zero attached hydrogens (tertiary/aromatic N) is 1. The van der Waals surface area contributed by atoms with Crippen LogP contribution in [0.5, 0.6) is 0 Å². The molecular weight excluding hydrogens is 188 g/mol. The first-order chi connectivity index (χ1) is 7.22. The van der Waals surface area contributed by atoms with Crippen molar-refractivity contribution in [2.45, 2.75) is 26.7 Å². The first-order valence-corrected chi connectivity index (χ1v) is 6.22. The van der Waals surface area contributed by atoms with Crippen LogP contribution in [0, 0.1) is 17.8 Å². The Morgan fingerprint density at radius 2 is 2.13 bits per heavy atom. The summed E-state index contributed by atoms with van der Waals surface area (Å²) in [5.74, 6) is 1.91. The number of amides is 1. The smallest absolute Gasteiger partial charge is 0.227 e. The van der Waals surface area contributed by atoms with Gasteiger partial charge in [-0.3, -0.25) is 4.79 Å². The number of hydrogen-bond acceptors (Lipinski definition) is 2. The molecule has 1 aliphatic heterocycles. The molecule has 0 radical (unpaired) electrons. The molecule has 86 valence electrons. The fourth-order valence-electron chi connectivity index (χ4n) is 2.36. The standard InChI is InChI=1S/C12H22N2O/c1-3-14(8-10-4-5-10)12(15)11-7-13-6-9(11)2/h9-11,13H,3-8H2,1-2H3/t9-,11-/m1/s1. The normalized spacial score (nSPS) is 30.5. The highest BCUT2D eigenvalue weighted by Crippen LogP contribution is 2.30. The molecule has 3 nitrogen and oxygen atoms in total. The molecule has 2 aliphatic rings. The highest BCUT2D eigenvalue weighted by molar-refractivity contribution is 5.79. The molecule has 1 saturated heterocycles. The average Bonchev–Trinajstić information content (AvgIpc) is 2.95. The molecule has 1 N–H and O–H groups in total. The van der Waals surface area contributed by atoms with Gasteiger partial charge in [0, 0.05) is 19.6 Å². The van der Waals surface area contributed by atoms with Crippen LogP contribution in [0.3, 0.4) is 0 Å². The molecule has 1 aliphatic carbocycles. The van der Waals surface area contributed by atoms with E-state index in [0.29, 0.717) is 11.8 Å². The van der Waals surface area contributed by atoms with Crippen LogP contribution in [0.1, 0.15) is 26.7 Å². The van der Waals surface area contributed by atoms with Crippen LogP contribution in [0.25, 0.3) is 0 Å². The van der Waals surface area contributed by atoms with Crippen molar-refractivity contribution in [1.29, 1.82) is 0 Å². The minimum absolute atomic E-state index is 0.226. The first-order valence-electron chi connectivity index (χ1n) is 6.22. The Kier molecular flexibility index (Phi) is 3.29. The lowest BCUT2D eigenvalue weighted by Crippen LogP contribution is -2.39. The number of carbonyl (C=O) groups is 1. The van der Waals surface area contributed by atoms with Crippen LogP contribution in [0.2, 0.25) is 0 Å². The number of rotatable bonds is 4. The quantitative estimate of drug-likeness (QED) is 0.753. The van der Waals surface area contributed by atoms with Crippen molar-refractivity contribution in [3.63, 3.8) is 0 Å². The summed E-state index contributed by atoms with van der Waals surface area (Å²) in [6, 6.07) is 0. The monoisotopic (exact) mass is 210 g/mol. The van der Waals surface area contributed by atoms with Gasteiger partial charge in [-0.15, -0.1) is 0 Å². The van der Waals surface area contributed by atoms with Gasteiger partial charge < -0.3 is 10.2 Å². The molecule has 15 heavy (non-hydrogen) atoms. The van der Waals surface area contributed by atoms with E-state index in [4.69, 9.17) is 0 Å². The fourth-order valence-corrected chi connectivity index (χ4v) is 2.36. The van der Waals surface area contributed by atoms with Gasteiger partial charge >= 0.3 is 0 Å². The van der Waals surface area contributed by atoms with E-state index in [1.807, 2.05) is 0 Å². The third-order valence-electron chi connectivity index (χ3n) is 3.70. The zero-order valence-corrected chi connectivity index (χ0v) is 9.83. The van der Waals surface area contributed by atoms with Crippen LogP contribution >= 0.6 is 0 Å². The maximum atomic E-state index is 12.2. The Morgan fingerprint density at radius 3 is 2.60 bits per heavy atom. The van der Waals surface area contributed by atoms with Crippen molar-refractivity contribution >= 4 is 5.91 Å². The maximum absolute atomic E-state index is 12.2. The Bertz CT molecular complexity index is 238. The lowest BCUT2D eigenvalue weighted by atomic mass is 9.96. The summed E-state index contributed by atoms with van der Waals surface area (Å²) in [6.45, 7) is 8.01. The molecule has 0 aromatic rings. The summed E-state index contributed by atoms with van der Waals surface area (Å²) in [5.41, 5.74) is 0. The largest absolute Gasteiger partial charge is 0.342 e. The second-order valence-corrected chi connectivity index (χ2v) is 5.06. The van der Waals surface area contributed by atoms with Crippen molar-refractivity contribution < 1.29 is 4.79 Å². The average molecular weight is 210 g/mol. The maximum Gasteiger partial charge on any atom is 0.227 e. The SMILES string of the molecule is CCN(CC1CC1)C(=O)[C@@H]1CNC[C@H]1C. The molecule has 1 amide bonds. The van der Waals surface area contributed by atoms with Gasteiger partial charge in [0.05, 0.1) is 5.92 Å². The van der Waals surface area contributed by atoms with Crippen LogP contribution in [0.4, 0.5) is 0 Å². The van der Waals surface area contributed by atoms with Crippen molar-refractivity contribution in [2.24, 2.45) is 17.8 Å². The minimum atomic E-state index is 0.226. The molecule has 1 saturated carbocycles. The van der Waals surface area contributed by atoms with Crippen LogP contribution in [0.15, 0.2) is 0 Å². The lowest BCUT2D eigenvalue weighted by Gasteiger charge is -2.25. The van der Waals surface area contributed by atoms with Crippen LogP contribution in [-0.2, 0) is 4.79 Å². The summed E-state index contributed by atoms with van der Waals surface area (Å²) < 4.78 is 0. The van der Waals surface area contributed by atoms with Crippen molar-refractivity contribution in [3.8, 4) is 0 Å². The molecule has 0 aromatic heterocycles. The van der Waals surface area contributed by atoms with Gasteiger partial charge in [-0.05, 0) is 38.1 Å². The van der Waals surface area contributed by atoms with E-state index in [9.17, 15) is 4.79 Å². The first kappa shape index (κ1) is 10.9. The van der Waals surface area contributed by atoms with E-state index in [-0.39, 0.29) is 5.92 Å². The molecule has 2 rings (SSSR count). The fraction of sp³-hybridized carbons (Fsp3) is 0.917. The Balaban J connectivity index is 1.90.